The number of halogens is 1. The molecule has 6 nitrogen and oxygen atoms in total. The number of nitrogens with one attached hydrogen (secondary N) is 1. The predicted octanol–water partition coefficient (Wildman–Crippen LogP) is 3.82. The molecule has 2 saturated heterocycles. The molecule has 0 spiro atoms. The summed E-state index contributed by atoms with van der Waals surface area (Å²) >= 11 is 0. The predicted molar refractivity (Wildman–Crippen MR) is 115 cm³/mol. The van der Waals surface area contributed by atoms with Crippen LogP contribution in [0, 0.1) is 17.3 Å². The maximum absolute atomic E-state index is 13.1. The molecule has 2 aliphatic rings. The molecule has 4 rings (SSSR count). The molecule has 0 unspecified atom stereocenters. The van der Waals surface area contributed by atoms with E-state index in [9.17, 15) is 4.79 Å². The van der Waals surface area contributed by atoms with E-state index in [2.05, 4.69) is 36.2 Å². The third-order valence-corrected chi connectivity index (χ3v) is 5.82. The van der Waals surface area contributed by atoms with Crippen LogP contribution < -0.4 is 5.32 Å². The Bertz CT molecular complexity index is 831. The lowest BCUT2D eigenvalue weighted by molar-refractivity contribution is 0.0758. The van der Waals surface area contributed by atoms with Gasteiger partial charge in [-0.3, -0.25) is 4.79 Å². The normalized spacial score (nSPS) is 22.0. The highest BCUT2D eigenvalue weighted by Gasteiger charge is 2.31. The Morgan fingerprint density at radius 3 is 2.55 bits per heavy atom. The van der Waals surface area contributed by atoms with Crippen LogP contribution in [0.1, 0.15) is 49.9 Å². The van der Waals surface area contributed by atoms with Crippen LogP contribution in [0.2, 0.25) is 0 Å². The largest absolute Gasteiger partial charge is 0.339 e. The van der Waals surface area contributed by atoms with Crippen LogP contribution in [-0.2, 0) is 6.42 Å². The number of fused-ring (bicyclic) bond motifs is 1. The van der Waals surface area contributed by atoms with Crippen molar-refractivity contribution in [2.24, 2.45) is 17.3 Å². The second-order valence-electron chi connectivity index (χ2n) is 9.38. The van der Waals surface area contributed by atoms with E-state index < -0.39 is 0 Å². The van der Waals surface area contributed by atoms with Gasteiger partial charge in [0.2, 0.25) is 11.7 Å². The standard InChI is InChI=1S/C22H30N4O2.ClH/c1-22(2,3)12-19-24-20(25-28-19)15-5-4-6-16(11-15)21(27)26-9-7-17-13-23-14-18(17)8-10-26;/h4-6,11,17-18,23H,7-10,12-14H2,1-3H3;1H/t17-,18+;. The van der Waals surface area contributed by atoms with Crippen molar-refractivity contribution in [1.29, 1.82) is 0 Å². The lowest BCUT2D eigenvalue weighted by Crippen LogP contribution is -2.32. The molecule has 0 radical (unpaired) electrons. The number of nitrogens with zero attached hydrogens (tertiary/aromatic N) is 3. The Morgan fingerprint density at radius 1 is 1.21 bits per heavy atom. The molecule has 1 aromatic carbocycles. The summed E-state index contributed by atoms with van der Waals surface area (Å²) in [6, 6.07) is 7.61. The molecule has 3 heterocycles. The van der Waals surface area contributed by atoms with Crippen molar-refractivity contribution in [3.63, 3.8) is 0 Å². The molecule has 158 valence electrons. The molecule has 0 bridgehead atoms. The Kier molecular flexibility index (Phi) is 6.64. The first kappa shape index (κ1) is 21.8. The number of carbonyl (C=O) groups is 1. The van der Waals surface area contributed by atoms with Gasteiger partial charge in [0.05, 0.1) is 0 Å². The van der Waals surface area contributed by atoms with Crippen LogP contribution in [-0.4, -0.2) is 47.1 Å². The summed E-state index contributed by atoms with van der Waals surface area (Å²) in [7, 11) is 0. The monoisotopic (exact) mass is 418 g/mol. The minimum atomic E-state index is 0. The average Bonchev–Trinajstić information content (AvgIpc) is 3.25. The third-order valence-electron chi connectivity index (χ3n) is 5.82. The fraction of sp³-hybridized carbons (Fsp3) is 0.591. The first-order valence-electron chi connectivity index (χ1n) is 10.3. The van der Waals surface area contributed by atoms with Gasteiger partial charge >= 0.3 is 0 Å². The van der Waals surface area contributed by atoms with Crippen LogP contribution in [0.3, 0.4) is 0 Å². The molecule has 0 saturated carbocycles. The van der Waals surface area contributed by atoms with Gasteiger partial charge in [-0.25, -0.2) is 0 Å². The van der Waals surface area contributed by atoms with Crippen LogP contribution in [0.5, 0.6) is 0 Å². The van der Waals surface area contributed by atoms with E-state index in [-0.39, 0.29) is 23.7 Å². The summed E-state index contributed by atoms with van der Waals surface area (Å²) in [6.07, 6.45) is 2.90. The molecule has 1 N–H and O–H groups in total. The van der Waals surface area contributed by atoms with Crippen molar-refractivity contribution in [3.8, 4) is 11.4 Å². The fourth-order valence-electron chi connectivity index (χ4n) is 4.29. The summed E-state index contributed by atoms with van der Waals surface area (Å²) in [5, 5.41) is 7.60. The van der Waals surface area contributed by atoms with Crippen molar-refractivity contribution in [3.05, 3.63) is 35.7 Å². The van der Waals surface area contributed by atoms with Crippen molar-refractivity contribution in [1.82, 2.24) is 20.4 Å². The van der Waals surface area contributed by atoms with Crippen LogP contribution >= 0.6 is 12.4 Å². The summed E-state index contributed by atoms with van der Waals surface area (Å²) in [5.41, 5.74) is 1.61. The second kappa shape index (κ2) is 8.84. The van der Waals surface area contributed by atoms with Crippen molar-refractivity contribution in [2.45, 2.75) is 40.0 Å². The van der Waals surface area contributed by atoms with Crippen LogP contribution in [0.15, 0.2) is 28.8 Å². The zero-order chi connectivity index (χ0) is 19.7. The summed E-state index contributed by atoms with van der Waals surface area (Å²) in [5.74, 6) is 2.71. The van der Waals surface area contributed by atoms with Gasteiger partial charge in [0.1, 0.15) is 0 Å². The molecule has 0 aliphatic carbocycles. The van der Waals surface area contributed by atoms with Gasteiger partial charge < -0.3 is 14.7 Å². The van der Waals surface area contributed by atoms with Gasteiger partial charge in [-0.2, -0.15) is 4.98 Å². The van der Waals surface area contributed by atoms with E-state index >= 15 is 0 Å². The molecule has 29 heavy (non-hydrogen) atoms. The lowest BCUT2D eigenvalue weighted by atomic mass is 9.92. The number of hydrogen-bond donors (Lipinski definition) is 1. The number of likely N-dealkylation sites (tertiary alicyclic amines) is 1. The van der Waals surface area contributed by atoms with Gasteiger partial charge in [-0.1, -0.05) is 38.1 Å². The first-order chi connectivity index (χ1) is 13.4. The zero-order valence-electron chi connectivity index (χ0n) is 17.5. The van der Waals surface area contributed by atoms with Crippen molar-refractivity contribution < 1.29 is 9.32 Å². The summed E-state index contributed by atoms with van der Waals surface area (Å²) in [6.45, 7) is 10.3. The van der Waals surface area contributed by atoms with Gasteiger partial charge in [0.25, 0.3) is 5.91 Å². The highest BCUT2D eigenvalue weighted by molar-refractivity contribution is 5.95. The number of rotatable bonds is 3. The highest BCUT2D eigenvalue weighted by Crippen LogP contribution is 2.28. The molecule has 1 aromatic heterocycles. The zero-order valence-corrected chi connectivity index (χ0v) is 18.3. The van der Waals surface area contributed by atoms with E-state index in [4.69, 9.17) is 4.52 Å². The maximum Gasteiger partial charge on any atom is 0.253 e. The van der Waals surface area contributed by atoms with E-state index in [1.807, 2.05) is 29.2 Å². The van der Waals surface area contributed by atoms with E-state index in [0.29, 0.717) is 29.1 Å². The molecular weight excluding hydrogens is 388 g/mol. The lowest BCUT2D eigenvalue weighted by Gasteiger charge is -2.21. The summed E-state index contributed by atoms with van der Waals surface area (Å²) < 4.78 is 5.41. The minimum absolute atomic E-state index is 0. The van der Waals surface area contributed by atoms with Crippen molar-refractivity contribution in [2.75, 3.05) is 26.2 Å². The molecule has 1 amide bonds. The molecule has 2 atom stereocenters. The highest BCUT2D eigenvalue weighted by atomic mass is 35.5. The third kappa shape index (κ3) is 5.17. The Labute approximate surface area is 178 Å². The maximum atomic E-state index is 13.1. The van der Waals surface area contributed by atoms with Crippen molar-refractivity contribution >= 4 is 18.3 Å². The number of benzene rings is 1. The summed E-state index contributed by atoms with van der Waals surface area (Å²) in [4.78, 5) is 19.6. The van der Waals surface area contributed by atoms with Gasteiger partial charge in [0.15, 0.2) is 0 Å². The number of hydrogen-bond acceptors (Lipinski definition) is 5. The Hall–Kier alpha value is -1.92. The number of carbonyl (C=O) groups excluding carboxylic acids is 1. The Morgan fingerprint density at radius 2 is 1.90 bits per heavy atom. The smallest absolute Gasteiger partial charge is 0.253 e. The molecule has 2 fully saturated rings. The molecule has 2 aliphatic heterocycles. The molecule has 2 aromatic rings. The van der Waals surface area contributed by atoms with Gasteiger partial charge in [-0.15, -0.1) is 12.4 Å². The molecular formula is C22H31ClN4O2. The Balaban J connectivity index is 0.00000240. The first-order valence-corrected chi connectivity index (χ1v) is 10.3. The fourth-order valence-corrected chi connectivity index (χ4v) is 4.29. The van der Waals surface area contributed by atoms with Gasteiger partial charge in [-0.05, 0) is 55.3 Å². The van der Waals surface area contributed by atoms with Crippen LogP contribution in [0.25, 0.3) is 11.4 Å². The van der Waals surface area contributed by atoms with Crippen LogP contribution in [0.4, 0.5) is 0 Å². The van der Waals surface area contributed by atoms with E-state index in [1.165, 1.54) is 0 Å². The number of aromatic nitrogens is 2. The second-order valence-corrected chi connectivity index (χ2v) is 9.38. The average molecular weight is 419 g/mol. The minimum Gasteiger partial charge on any atom is -0.339 e. The number of amides is 1. The van der Waals surface area contributed by atoms with E-state index in [1.54, 1.807) is 0 Å². The SMILES string of the molecule is CC(C)(C)Cc1nc(-c2cccc(C(=O)N3CC[C@@H]4CNC[C@@H]4CC3)c2)no1.Cl. The quantitative estimate of drug-likeness (QED) is 0.820. The molecule has 7 heteroatoms. The van der Waals surface area contributed by atoms with E-state index in [0.717, 1.165) is 51.0 Å². The topological polar surface area (TPSA) is 71.3 Å². The van der Waals surface area contributed by atoms with Gasteiger partial charge in [0, 0.05) is 30.6 Å².